The van der Waals surface area contributed by atoms with Gasteiger partial charge >= 0.3 is 0 Å². The highest BCUT2D eigenvalue weighted by Gasteiger charge is 2.28. The molecule has 6 unspecified atom stereocenters. The number of fused-ring (bicyclic) bond motifs is 16. The second-order valence-electron chi connectivity index (χ2n) is 21.5. The van der Waals surface area contributed by atoms with E-state index in [9.17, 15) is 58.8 Å². The SMILES string of the molecule is NCCCCC1CN2CCNC(=O)c3cccc(c3O)C(=O)NCCN(CCNC(=O)c3cccc(c3O)C(=O)N1)CCN1CCNC(=O)c3cccc(c3O)C(=O)NCCN(CC2)CC(CCCCN)NC(=O)c2cccc(c2O)C(=O)NCC1. The molecule has 0 fully saturated rings. The number of para-hydroxylation sites is 4. The highest BCUT2D eigenvalue weighted by Crippen LogP contribution is 2.27. The number of nitrogens with two attached hydrogens (primary N) is 2. The van der Waals surface area contributed by atoms with Crippen LogP contribution in [-0.4, -0.2) is 230 Å². The Morgan fingerprint density at radius 1 is 0.326 bits per heavy atom. The summed E-state index contributed by atoms with van der Waals surface area (Å²) in [5.74, 6) is -7.37. The number of carbonyl (C=O) groups is 8. The fourth-order valence-corrected chi connectivity index (χ4v) is 10.6. The Labute approximate surface area is 499 Å². The highest BCUT2D eigenvalue weighted by molar-refractivity contribution is 6.06. The van der Waals surface area contributed by atoms with Crippen LogP contribution in [0.5, 0.6) is 23.0 Å². The standard InChI is InChI=1S/C60H82N14O12/c61-19-3-1-9-39-37-73-31-25-67-55(81)43-13-5-11-41(49(43)75)53(79)63-21-27-71(29-23-65-57(83)45-15-7-17-47(51(45)77)59(85)69-39)33-34-72-28-22-64-54(80)42-12-6-14-44(50(42)76)56(82)68-26-32-74(36-35-73)38-40(10-2-4-20-62)70-60(86)48-18-8-16-46(52(48)78)58(84)66-24-30-72/h5-8,11-18,39-40,75-78H,1-4,9-10,19-38,61-62H2,(H,63,79)(H,64,80)(H,65,83)(H,66,84)(H,67,81)(H,68,82)(H,69,85)(H,70,86). The molecule has 0 aromatic heterocycles. The van der Waals surface area contributed by atoms with Gasteiger partial charge in [-0.15, -0.1) is 0 Å². The van der Waals surface area contributed by atoms with E-state index in [1.54, 1.807) is 0 Å². The summed E-state index contributed by atoms with van der Waals surface area (Å²) in [5.41, 5.74) is 10.7. The van der Waals surface area contributed by atoms with Crippen LogP contribution in [0.15, 0.2) is 72.8 Å². The van der Waals surface area contributed by atoms with Crippen molar-refractivity contribution in [3.8, 4) is 23.0 Å². The second kappa shape index (κ2) is 32.8. The van der Waals surface area contributed by atoms with E-state index < -0.39 is 82.3 Å². The molecule has 4 aliphatic rings. The Balaban J connectivity index is 1.36. The van der Waals surface area contributed by atoms with Gasteiger partial charge in [0, 0.05) is 130 Å². The lowest BCUT2D eigenvalue weighted by Gasteiger charge is -2.33. The maximum absolute atomic E-state index is 14.4. The van der Waals surface area contributed by atoms with Gasteiger partial charge in [-0.25, -0.2) is 0 Å². The minimum atomic E-state index is -0.660. The van der Waals surface area contributed by atoms with Crippen molar-refractivity contribution in [3.63, 3.8) is 0 Å². The number of hydrogen-bond donors (Lipinski definition) is 14. The monoisotopic (exact) mass is 1190 g/mol. The minimum absolute atomic E-state index is 0.00163. The summed E-state index contributed by atoms with van der Waals surface area (Å²) in [6, 6.07) is 16.0. The average Bonchev–Trinajstić information content (AvgIpc) is 2.19. The van der Waals surface area contributed by atoms with Gasteiger partial charge in [0.15, 0.2) is 0 Å². The van der Waals surface area contributed by atoms with Gasteiger partial charge in [0.2, 0.25) is 0 Å². The van der Waals surface area contributed by atoms with Crippen molar-refractivity contribution in [2.45, 2.75) is 50.6 Å². The lowest BCUT2D eigenvalue weighted by molar-refractivity contribution is 0.0884. The third-order valence-electron chi connectivity index (χ3n) is 15.5. The topological polar surface area (TPSA) is 379 Å². The molecule has 4 aromatic rings. The van der Waals surface area contributed by atoms with E-state index in [1.165, 1.54) is 72.8 Å². The van der Waals surface area contributed by atoms with Crippen molar-refractivity contribution in [1.29, 1.82) is 0 Å². The largest absolute Gasteiger partial charge is 0.506 e. The quantitative estimate of drug-likeness (QED) is 0.101. The summed E-state index contributed by atoms with van der Waals surface area (Å²) in [7, 11) is 0. The summed E-state index contributed by atoms with van der Waals surface area (Å²) < 4.78 is 0. The lowest BCUT2D eigenvalue weighted by atomic mass is 10.0. The Morgan fingerprint density at radius 2 is 0.547 bits per heavy atom. The molecule has 0 saturated carbocycles. The Hall–Kier alpha value is -8.40. The van der Waals surface area contributed by atoms with E-state index in [2.05, 4.69) is 42.5 Å². The first kappa shape index (κ1) is 65.1. The van der Waals surface area contributed by atoms with E-state index in [0.717, 1.165) is 0 Å². The van der Waals surface area contributed by atoms with Crippen LogP contribution in [-0.2, 0) is 0 Å². The molecular formula is C60H82N14O12. The van der Waals surface area contributed by atoms with E-state index in [4.69, 9.17) is 11.5 Å². The van der Waals surface area contributed by atoms with E-state index in [0.29, 0.717) is 51.6 Å². The molecule has 12 bridgehead atoms. The van der Waals surface area contributed by atoms with Gasteiger partial charge in [0.1, 0.15) is 23.0 Å². The zero-order valence-electron chi connectivity index (χ0n) is 48.5. The van der Waals surface area contributed by atoms with Crippen LogP contribution in [0.25, 0.3) is 0 Å². The number of rotatable bonds is 8. The number of unbranched alkanes of at least 4 members (excludes halogenated alkanes) is 2. The van der Waals surface area contributed by atoms with Crippen LogP contribution in [0, 0.1) is 0 Å². The Bertz CT molecular complexity index is 2840. The predicted molar refractivity (Wildman–Crippen MR) is 321 cm³/mol. The van der Waals surface area contributed by atoms with E-state index in [1.807, 2.05) is 19.6 Å². The molecule has 26 nitrogen and oxygen atoms in total. The number of hydrogen-bond acceptors (Lipinski definition) is 18. The van der Waals surface area contributed by atoms with Crippen molar-refractivity contribution in [2.75, 3.05) is 131 Å². The number of carbonyl (C=O) groups excluding carboxylic acids is 8. The van der Waals surface area contributed by atoms with Gasteiger partial charge in [-0.1, -0.05) is 37.1 Å². The summed E-state index contributed by atoms with van der Waals surface area (Å²) in [6.45, 7) is 3.07. The van der Waals surface area contributed by atoms with Gasteiger partial charge in [-0.3, -0.25) is 58.0 Å². The fraction of sp³-hybridized carbons (Fsp3) is 0.467. The van der Waals surface area contributed by atoms with Crippen molar-refractivity contribution >= 4 is 47.3 Å². The molecule has 0 radical (unpaired) electrons. The number of amides is 8. The van der Waals surface area contributed by atoms with Gasteiger partial charge in [-0.05, 0) is 87.3 Å². The van der Waals surface area contributed by atoms with Crippen LogP contribution >= 0.6 is 0 Å². The number of phenolic OH excluding ortho intramolecular Hbond substituents is 4. The lowest BCUT2D eigenvalue weighted by Crippen LogP contribution is -2.50. The molecule has 464 valence electrons. The van der Waals surface area contributed by atoms with Gasteiger partial charge in [-0.2, -0.15) is 0 Å². The summed E-state index contributed by atoms with van der Waals surface area (Å²) in [5, 5.41) is 69.4. The van der Waals surface area contributed by atoms with Crippen LogP contribution < -0.4 is 54.0 Å². The van der Waals surface area contributed by atoms with E-state index >= 15 is 0 Å². The summed E-state index contributed by atoms with van der Waals surface area (Å²) >= 11 is 0. The molecule has 86 heavy (non-hydrogen) atoms. The van der Waals surface area contributed by atoms with Gasteiger partial charge in [0.25, 0.3) is 47.3 Å². The average molecular weight is 1190 g/mol. The number of benzene rings is 4. The Morgan fingerprint density at radius 3 is 0.791 bits per heavy atom. The maximum atomic E-state index is 14.4. The molecule has 0 saturated heterocycles. The maximum Gasteiger partial charge on any atom is 0.255 e. The van der Waals surface area contributed by atoms with Crippen LogP contribution in [0.1, 0.15) is 121 Å². The first-order chi connectivity index (χ1) is 41.6. The van der Waals surface area contributed by atoms with Crippen molar-refractivity contribution in [3.05, 3.63) is 117 Å². The fourth-order valence-electron chi connectivity index (χ4n) is 10.6. The third-order valence-corrected chi connectivity index (χ3v) is 15.5. The molecule has 4 aliphatic heterocycles. The molecule has 4 aromatic carbocycles. The zero-order chi connectivity index (χ0) is 61.5. The normalized spacial score (nSPS) is 22.5. The van der Waals surface area contributed by atoms with E-state index in [-0.39, 0.29) is 162 Å². The number of nitrogens with zero attached hydrogens (tertiary/aromatic N) is 4. The van der Waals surface area contributed by atoms with Crippen molar-refractivity contribution in [2.24, 2.45) is 11.5 Å². The van der Waals surface area contributed by atoms with Crippen LogP contribution in [0.4, 0.5) is 0 Å². The molecule has 6 atom stereocenters. The minimum Gasteiger partial charge on any atom is -0.506 e. The smallest absolute Gasteiger partial charge is 0.255 e. The molecule has 0 aliphatic carbocycles. The van der Waals surface area contributed by atoms with Gasteiger partial charge in [0.05, 0.1) is 44.5 Å². The zero-order valence-corrected chi connectivity index (χ0v) is 48.5. The first-order valence-electron chi connectivity index (χ1n) is 29.4. The highest BCUT2D eigenvalue weighted by atomic mass is 16.3. The van der Waals surface area contributed by atoms with Crippen molar-refractivity contribution in [1.82, 2.24) is 62.1 Å². The molecule has 8 amide bonds. The van der Waals surface area contributed by atoms with Crippen LogP contribution in [0.2, 0.25) is 0 Å². The molecule has 26 heteroatoms. The number of phenols is 4. The number of aromatic hydroxyl groups is 4. The molecule has 8 rings (SSSR count). The first-order valence-corrected chi connectivity index (χ1v) is 29.4. The Kier molecular flexibility index (Phi) is 24.8. The molecule has 0 spiro atoms. The predicted octanol–water partition coefficient (Wildman–Crippen LogP) is -0.308. The molecule has 4 heterocycles. The summed E-state index contributed by atoms with van der Waals surface area (Å²) in [6.07, 6.45) is 3.23. The molecular weight excluding hydrogens is 1110 g/mol. The van der Waals surface area contributed by atoms with Gasteiger partial charge < -0.3 is 74.4 Å². The second-order valence-corrected chi connectivity index (χ2v) is 21.5. The third kappa shape index (κ3) is 18.3. The number of nitrogens with one attached hydrogen (secondary N) is 8. The molecule has 16 N–H and O–H groups in total. The van der Waals surface area contributed by atoms with Crippen LogP contribution in [0.3, 0.4) is 0 Å². The summed E-state index contributed by atoms with van der Waals surface area (Å²) in [4.78, 5) is 120. The van der Waals surface area contributed by atoms with Crippen molar-refractivity contribution < 1.29 is 58.8 Å².